The Morgan fingerprint density at radius 3 is 1.91 bits per heavy atom. The van der Waals surface area contributed by atoms with Crippen LogP contribution in [0.15, 0.2) is 116 Å². The molecule has 3 amide bonds. The summed E-state index contributed by atoms with van der Waals surface area (Å²) < 4.78 is 13.2. The van der Waals surface area contributed by atoms with Crippen LogP contribution in [0.5, 0.6) is 11.5 Å². The summed E-state index contributed by atoms with van der Waals surface area (Å²) in [6, 6.07) is 26.3. The number of hydrogen-bond acceptors (Lipinski definition) is 12. The number of ether oxygens (including phenoxy) is 2. The number of carbonyl (C=O) groups is 3. The van der Waals surface area contributed by atoms with E-state index in [0.29, 0.717) is 72.8 Å². The van der Waals surface area contributed by atoms with E-state index >= 15 is 0 Å². The van der Waals surface area contributed by atoms with Crippen molar-refractivity contribution in [2.24, 2.45) is 15.0 Å². The van der Waals surface area contributed by atoms with E-state index in [2.05, 4.69) is 44.9 Å². The topological polar surface area (TPSA) is 177 Å². The summed E-state index contributed by atoms with van der Waals surface area (Å²) in [6.07, 6.45) is 2.04. The zero-order valence-corrected chi connectivity index (χ0v) is 42.2. The van der Waals surface area contributed by atoms with E-state index in [4.69, 9.17) is 36.1 Å². The molecule has 3 N–H and O–H groups in total. The van der Waals surface area contributed by atoms with Gasteiger partial charge in [0.1, 0.15) is 29.2 Å². The molecule has 3 aliphatic heterocycles. The molecule has 17 heteroatoms. The molecule has 0 saturated heterocycles. The maximum absolute atomic E-state index is 13.7. The molecule has 0 saturated carbocycles. The van der Waals surface area contributed by atoms with Crippen molar-refractivity contribution >= 4 is 64.0 Å². The molecule has 3 unspecified atom stereocenters. The molecule has 0 aliphatic carbocycles. The number of rotatable bonds is 18. The molecule has 4 heterocycles. The van der Waals surface area contributed by atoms with E-state index in [1.54, 1.807) is 26.0 Å². The number of unbranched alkanes of at least 4 members (excludes halogenated alkanes) is 1. The summed E-state index contributed by atoms with van der Waals surface area (Å²) in [5, 5.41) is 18.5. The first-order valence-corrected chi connectivity index (χ1v) is 25.0. The number of amidine groups is 1. The van der Waals surface area contributed by atoms with Crippen LogP contribution in [0.2, 0.25) is 5.02 Å². The second-order valence-corrected chi connectivity index (χ2v) is 19.0. The summed E-state index contributed by atoms with van der Waals surface area (Å²) >= 11 is 7.91. The third kappa shape index (κ3) is 11.0. The minimum absolute atomic E-state index is 0.0259. The van der Waals surface area contributed by atoms with Crippen molar-refractivity contribution in [3.63, 3.8) is 0 Å². The Bertz CT molecular complexity index is 2890. The second kappa shape index (κ2) is 22.3. The maximum Gasteiger partial charge on any atom is 0.222 e. The van der Waals surface area contributed by atoms with Gasteiger partial charge in [0.2, 0.25) is 17.7 Å². The number of aromatic nitrogens is 3. The number of benzene rings is 4. The number of hydrogen-bond donors (Lipinski definition) is 3. The molecule has 3 aliphatic rings. The first-order valence-electron chi connectivity index (χ1n) is 23.7. The predicted molar refractivity (Wildman–Crippen MR) is 278 cm³/mol. The van der Waals surface area contributed by atoms with Crippen LogP contribution in [-0.4, -0.2) is 101 Å². The van der Waals surface area contributed by atoms with Crippen molar-refractivity contribution in [1.82, 2.24) is 30.7 Å². The van der Waals surface area contributed by atoms with E-state index in [9.17, 15) is 14.4 Å². The molecule has 70 heavy (non-hydrogen) atoms. The highest BCUT2D eigenvalue weighted by Crippen LogP contribution is 2.40. The molecule has 8 rings (SSSR count). The zero-order chi connectivity index (χ0) is 49.5. The molecule has 15 nitrogen and oxygen atoms in total. The molecule has 0 radical (unpaired) electrons. The molecule has 3 atom stereocenters. The van der Waals surface area contributed by atoms with Gasteiger partial charge in [-0.15, -0.1) is 22.0 Å². The fourth-order valence-electron chi connectivity index (χ4n) is 9.04. The standard InChI is InChI=1S/C53H59ClN10O5S/c1-8-55-48(66)30-44-53-62-61-34(5)64(53)46-22-18-39(69-7)28-42(46)51(60-44)36-13-19-40(20-14-36)70-26-23-47(65)56-24-9-10-25-57-49(67)29-43-52-31(2)32(3)58-33(4)63(52)45-21-17-38(68-6)27-41(45)50(59-43)35-11-15-37(54)16-12-35/h11-22,27-28,32,43-44H,8-10,23-26,29-30H2,1-7H3,(H,55,66)(H,56,65)(H,57,67). The molecule has 0 fully saturated rings. The van der Waals surface area contributed by atoms with Gasteiger partial charge in [-0.05, 0) is 114 Å². The Labute approximate surface area is 418 Å². The van der Waals surface area contributed by atoms with Crippen molar-refractivity contribution in [2.45, 2.75) is 89.7 Å². The maximum atomic E-state index is 13.7. The van der Waals surface area contributed by atoms with E-state index < -0.39 is 12.1 Å². The molecule has 0 spiro atoms. The highest BCUT2D eigenvalue weighted by atomic mass is 35.5. The van der Waals surface area contributed by atoms with Gasteiger partial charge in [0.05, 0.1) is 67.6 Å². The Morgan fingerprint density at radius 2 is 1.27 bits per heavy atom. The third-order valence-electron chi connectivity index (χ3n) is 12.6. The lowest BCUT2D eigenvalue weighted by molar-refractivity contribution is -0.122. The molecule has 5 aromatic rings. The lowest BCUT2D eigenvalue weighted by atomic mass is 9.97. The minimum Gasteiger partial charge on any atom is -0.497 e. The first kappa shape index (κ1) is 49.6. The van der Waals surface area contributed by atoms with Crippen molar-refractivity contribution in [3.8, 4) is 17.2 Å². The van der Waals surface area contributed by atoms with Gasteiger partial charge >= 0.3 is 0 Å². The number of amides is 3. The first-order chi connectivity index (χ1) is 33.9. The van der Waals surface area contributed by atoms with Crippen molar-refractivity contribution in [1.29, 1.82) is 0 Å². The van der Waals surface area contributed by atoms with Gasteiger partial charge in [0, 0.05) is 64.0 Å². The Hall–Kier alpha value is -6.78. The van der Waals surface area contributed by atoms with E-state index in [-0.39, 0.29) is 36.6 Å². The van der Waals surface area contributed by atoms with Gasteiger partial charge in [-0.25, -0.2) is 0 Å². The quantitative estimate of drug-likeness (QED) is 0.0575. The third-order valence-corrected chi connectivity index (χ3v) is 13.9. The normalized spacial score (nSPS) is 17.1. The summed E-state index contributed by atoms with van der Waals surface area (Å²) in [6.45, 7) is 11.4. The number of methoxy groups -OCH3 is 2. The van der Waals surface area contributed by atoms with Crippen LogP contribution >= 0.6 is 23.4 Å². The van der Waals surface area contributed by atoms with E-state index in [0.717, 1.165) is 67.1 Å². The SMILES string of the molecule is CCNC(=O)CC1N=C(c2ccc(SCCC(=O)NCCCCNC(=O)CC3N=C(c4ccc(Cl)cc4)c4cc(OC)ccc4N4C(C)=NC(C)C(C)=C34)cc2)c2cc(OC)ccc2-n2c(C)nnc21. The summed E-state index contributed by atoms with van der Waals surface area (Å²) in [7, 11) is 3.27. The Kier molecular flexibility index (Phi) is 15.8. The van der Waals surface area contributed by atoms with Crippen molar-refractivity contribution < 1.29 is 23.9 Å². The van der Waals surface area contributed by atoms with Crippen molar-refractivity contribution in [2.75, 3.05) is 44.5 Å². The number of carbonyl (C=O) groups excluding carboxylic acids is 3. The molecule has 364 valence electrons. The van der Waals surface area contributed by atoms with Crippen LogP contribution in [0.3, 0.4) is 0 Å². The highest BCUT2D eigenvalue weighted by Gasteiger charge is 2.37. The fraction of sp³-hybridized carbons (Fsp3) is 0.358. The molecular weight excluding hydrogens is 924 g/mol. The van der Waals surface area contributed by atoms with E-state index in [1.807, 2.05) is 110 Å². The molecular formula is C53H59ClN10O5S. The van der Waals surface area contributed by atoms with Gasteiger partial charge in [0.15, 0.2) is 5.82 Å². The molecule has 0 bridgehead atoms. The zero-order valence-electron chi connectivity index (χ0n) is 40.6. The van der Waals surface area contributed by atoms with Crippen LogP contribution < -0.4 is 30.3 Å². The summed E-state index contributed by atoms with van der Waals surface area (Å²) in [4.78, 5) is 58.1. The lowest BCUT2D eigenvalue weighted by Crippen LogP contribution is -2.40. The number of aliphatic imine (C=N–C) groups is 3. The number of fused-ring (bicyclic) bond motifs is 6. The summed E-state index contributed by atoms with van der Waals surface area (Å²) in [5.41, 5.74) is 8.71. The van der Waals surface area contributed by atoms with Gasteiger partial charge in [-0.3, -0.25) is 38.8 Å². The fourth-order valence-corrected chi connectivity index (χ4v) is 10.0. The van der Waals surface area contributed by atoms with Crippen LogP contribution in [0, 0.1) is 6.92 Å². The van der Waals surface area contributed by atoms with Crippen LogP contribution in [-0.2, 0) is 14.4 Å². The highest BCUT2D eigenvalue weighted by molar-refractivity contribution is 7.99. The molecule has 1 aromatic heterocycles. The smallest absolute Gasteiger partial charge is 0.222 e. The van der Waals surface area contributed by atoms with Crippen molar-refractivity contribution in [3.05, 3.63) is 135 Å². The number of thioether (sulfide) groups is 1. The number of halogens is 1. The van der Waals surface area contributed by atoms with Crippen LogP contribution in [0.4, 0.5) is 5.69 Å². The van der Waals surface area contributed by atoms with Crippen LogP contribution in [0.1, 0.15) is 99.7 Å². The lowest BCUT2D eigenvalue weighted by Gasteiger charge is -2.36. The van der Waals surface area contributed by atoms with Gasteiger partial charge < -0.3 is 25.4 Å². The number of aryl methyl sites for hydroxylation is 1. The summed E-state index contributed by atoms with van der Waals surface area (Å²) in [5.74, 6) is 3.85. The largest absolute Gasteiger partial charge is 0.497 e. The van der Waals surface area contributed by atoms with Gasteiger partial charge in [-0.1, -0.05) is 35.9 Å². The number of nitrogens with one attached hydrogen (secondary N) is 3. The Balaban J connectivity index is 0.843. The number of nitrogens with zero attached hydrogens (tertiary/aromatic N) is 7. The average molecular weight is 984 g/mol. The monoisotopic (exact) mass is 982 g/mol. The van der Waals surface area contributed by atoms with Gasteiger partial charge in [0.25, 0.3) is 0 Å². The van der Waals surface area contributed by atoms with Crippen LogP contribution in [0.25, 0.3) is 5.69 Å². The Morgan fingerprint density at radius 1 is 0.700 bits per heavy atom. The second-order valence-electron chi connectivity index (χ2n) is 17.3. The predicted octanol–water partition coefficient (Wildman–Crippen LogP) is 8.37. The minimum atomic E-state index is -0.560. The van der Waals surface area contributed by atoms with Gasteiger partial charge in [-0.2, -0.15) is 0 Å². The number of anilines is 1. The van der Waals surface area contributed by atoms with E-state index in [1.165, 1.54) is 0 Å². The molecule has 4 aromatic carbocycles. The average Bonchev–Trinajstić information content (AvgIpc) is 3.60.